The van der Waals surface area contributed by atoms with Crippen LogP contribution in [0.2, 0.25) is 0 Å². The minimum absolute atomic E-state index is 0.0818. The normalized spacial score (nSPS) is 35.5. The molecule has 0 saturated heterocycles. The van der Waals surface area contributed by atoms with Crippen LogP contribution in [0.4, 0.5) is 0 Å². The molecular weight excluding hydrogens is 384 g/mol. The van der Waals surface area contributed by atoms with E-state index in [1.165, 1.54) is 5.56 Å². The highest BCUT2D eigenvalue weighted by Crippen LogP contribution is 2.68. The summed E-state index contributed by atoms with van der Waals surface area (Å²) in [6.07, 6.45) is 5.62. The van der Waals surface area contributed by atoms with Crippen molar-refractivity contribution >= 4 is 5.78 Å². The zero-order valence-electron chi connectivity index (χ0n) is 17.5. The van der Waals surface area contributed by atoms with Gasteiger partial charge in [-0.3, -0.25) is 4.79 Å². The van der Waals surface area contributed by atoms with Gasteiger partial charge >= 0.3 is 0 Å². The zero-order chi connectivity index (χ0) is 20.9. The van der Waals surface area contributed by atoms with Gasteiger partial charge in [-0.15, -0.1) is 6.58 Å². The Morgan fingerprint density at radius 2 is 2.20 bits per heavy atom. The molecule has 1 aromatic rings. The van der Waals surface area contributed by atoms with Gasteiger partial charge in [-0.2, -0.15) is 0 Å². The second kappa shape index (κ2) is 7.36. The Morgan fingerprint density at radius 3 is 3.00 bits per heavy atom. The molecule has 30 heavy (non-hydrogen) atoms. The summed E-state index contributed by atoms with van der Waals surface area (Å²) in [6.45, 7) is 4.95. The third-order valence-corrected chi connectivity index (χ3v) is 7.89. The van der Waals surface area contributed by atoms with Crippen molar-refractivity contribution in [2.45, 2.75) is 55.6 Å². The molecule has 0 amide bonds. The van der Waals surface area contributed by atoms with Crippen molar-refractivity contribution in [3.05, 3.63) is 35.9 Å². The number of Topliss-reactive ketones (excluding diaryl/α,β-unsaturated/α-hetero) is 1. The first kappa shape index (κ1) is 20.0. The first-order valence-corrected chi connectivity index (χ1v) is 11.0. The number of carbonyl (C=O) groups excluding carboxylic acids is 1. The number of carbonyl (C=O) groups is 1. The third-order valence-electron chi connectivity index (χ3n) is 7.89. The van der Waals surface area contributed by atoms with Crippen LogP contribution >= 0.6 is 0 Å². The summed E-state index contributed by atoms with van der Waals surface area (Å²) in [6, 6.07) is 3.99. The predicted octanol–water partition coefficient (Wildman–Crippen LogP) is 2.94. The number of hydrogen-bond acceptors (Lipinski definition) is 6. The van der Waals surface area contributed by atoms with Gasteiger partial charge in [0.1, 0.15) is 0 Å². The van der Waals surface area contributed by atoms with Crippen molar-refractivity contribution < 1.29 is 28.8 Å². The second-order valence-corrected chi connectivity index (χ2v) is 9.08. The quantitative estimate of drug-likeness (QED) is 0.401. The topological polar surface area (TPSA) is 74.2 Å². The number of rotatable bonds is 8. The fourth-order valence-electron chi connectivity index (χ4n) is 6.66. The van der Waals surface area contributed by atoms with Crippen LogP contribution in [0.15, 0.2) is 24.8 Å². The molecule has 1 heterocycles. The summed E-state index contributed by atoms with van der Waals surface area (Å²) < 4.78 is 22.6. The Morgan fingerprint density at radius 1 is 1.33 bits per heavy atom. The third kappa shape index (κ3) is 2.57. The lowest BCUT2D eigenvalue weighted by molar-refractivity contribution is -0.188. The van der Waals surface area contributed by atoms with Crippen LogP contribution in [0.5, 0.6) is 11.5 Å². The minimum atomic E-state index is -0.927. The molecule has 4 aliphatic rings. The maximum Gasteiger partial charge on any atom is 0.189 e. The monoisotopic (exact) mass is 414 g/mol. The summed E-state index contributed by atoms with van der Waals surface area (Å²) in [5, 5.41) is 12.1. The number of hydrogen-bond donors (Lipinski definition) is 1. The molecule has 1 spiro atoms. The Balaban J connectivity index is 1.55. The number of allylic oxidation sites excluding steroid dienone is 1. The summed E-state index contributed by atoms with van der Waals surface area (Å²) in [4.78, 5) is 13.0. The smallest absolute Gasteiger partial charge is 0.189 e. The fraction of sp³-hybridized carbons (Fsp3) is 0.625. The van der Waals surface area contributed by atoms with Crippen LogP contribution in [0.1, 0.15) is 43.2 Å². The zero-order valence-corrected chi connectivity index (χ0v) is 17.5. The lowest BCUT2D eigenvalue weighted by atomic mass is 9.43. The maximum atomic E-state index is 13.0. The van der Waals surface area contributed by atoms with Crippen molar-refractivity contribution in [2.24, 2.45) is 11.8 Å². The summed E-state index contributed by atoms with van der Waals surface area (Å²) >= 11 is 0. The highest BCUT2D eigenvalue weighted by Gasteiger charge is 2.72. The second-order valence-electron chi connectivity index (χ2n) is 9.08. The molecule has 1 unspecified atom stereocenters. The Bertz CT molecular complexity index is 865. The molecule has 6 heteroatoms. The number of benzene rings is 1. The van der Waals surface area contributed by atoms with Gasteiger partial charge in [0.15, 0.2) is 30.2 Å². The lowest BCUT2D eigenvalue weighted by Gasteiger charge is -2.61. The van der Waals surface area contributed by atoms with Gasteiger partial charge in [-0.25, -0.2) is 0 Å². The molecular formula is C24H30O6. The van der Waals surface area contributed by atoms with E-state index in [2.05, 4.69) is 12.6 Å². The highest BCUT2D eigenvalue weighted by molar-refractivity contribution is 5.90. The minimum Gasteiger partial charge on any atom is -0.477 e. The molecule has 1 aromatic carbocycles. The van der Waals surface area contributed by atoms with E-state index < -0.39 is 17.1 Å². The van der Waals surface area contributed by atoms with Gasteiger partial charge in [0, 0.05) is 19.1 Å². The van der Waals surface area contributed by atoms with E-state index in [4.69, 9.17) is 18.9 Å². The largest absolute Gasteiger partial charge is 0.477 e. The van der Waals surface area contributed by atoms with Crippen LogP contribution in [-0.2, 0) is 26.1 Å². The number of methoxy groups -OCH3 is 1. The first-order valence-electron chi connectivity index (χ1n) is 11.0. The summed E-state index contributed by atoms with van der Waals surface area (Å²) in [5.74, 6) is 1.80. The molecule has 3 aliphatic carbocycles. The maximum absolute atomic E-state index is 13.0. The SMILES string of the molecule is C=CCC1CC[C@]23c4c5ccc(OCOCCOC)c4O[C@H]2C(=O)CC[C@@]3(O)[C@H]1C5. The molecule has 5 rings (SSSR count). The van der Waals surface area contributed by atoms with E-state index in [1.807, 2.05) is 12.1 Å². The standard InChI is InChI=1S/C24H30O6/c1-3-4-15-7-9-23-20-16-5-6-19(29-14-28-12-11-27-2)21(20)30-22(23)18(25)8-10-24(23,26)17(15)13-16/h3,5-6,15,17,22,26H,1,4,7-14H2,2H3/t15?,17-,22-,23-,24+/m0/s1. The predicted molar refractivity (Wildman–Crippen MR) is 110 cm³/mol. The van der Waals surface area contributed by atoms with E-state index in [9.17, 15) is 9.90 Å². The molecule has 0 aromatic heterocycles. The van der Waals surface area contributed by atoms with E-state index in [0.717, 1.165) is 31.2 Å². The van der Waals surface area contributed by atoms with Crippen molar-refractivity contribution in [3.63, 3.8) is 0 Å². The van der Waals surface area contributed by atoms with E-state index >= 15 is 0 Å². The Labute approximate surface area is 177 Å². The first-order chi connectivity index (χ1) is 14.6. The van der Waals surface area contributed by atoms with Crippen LogP contribution in [0.25, 0.3) is 0 Å². The molecule has 6 nitrogen and oxygen atoms in total. The van der Waals surface area contributed by atoms with Crippen LogP contribution < -0.4 is 9.47 Å². The molecule has 2 fully saturated rings. The van der Waals surface area contributed by atoms with Gasteiger partial charge in [0.05, 0.1) is 24.2 Å². The average molecular weight is 414 g/mol. The van der Waals surface area contributed by atoms with Crippen molar-refractivity contribution in [2.75, 3.05) is 27.1 Å². The summed E-state index contributed by atoms with van der Waals surface area (Å²) in [5.41, 5.74) is 0.594. The highest BCUT2D eigenvalue weighted by atomic mass is 16.7. The van der Waals surface area contributed by atoms with Crippen LogP contribution in [0.3, 0.4) is 0 Å². The van der Waals surface area contributed by atoms with E-state index in [0.29, 0.717) is 43.5 Å². The molecule has 2 bridgehead atoms. The summed E-state index contributed by atoms with van der Waals surface area (Å²) in [7, 11) is 1.62. The Kier molecular flexibility index (Phi) is 4.92. The number of aliphatic hydroxyl groups is 1. The van der Waals surface area contributed by atoms with Gasteiger partial charge in [-0.05, 0) is 55.6 Å². The lowest BCUT2D eigenvalue weighted by Crippen LogP contribution is -2.71. The Hall–Kier alpha value is -1.89. The van der Waals surface area contributed by atoms with Crippen molar-refractivity contribution in [3.8, 4) is 11.5 Å². The van der Waals surface area contributed by atoms with Gasteiger partial charge in [-0.1, -0.05) is 12.1 Å². The number of ketones is 1. The van der Waals surface area contributed by atoms with E-state index in [-0.39, 0.29) is 18.5 Å². The van der Waals surface area contributed by atoms with Crippen molar-refractivity contribution in [1.82, 2.24) is 0 Å². The van der Waals surface area contributed by atoms with Crippen LogP contribution in [0, 0.1) is 11.8 Å². The van der Waals surface area contributed by atoms with Crippen LogP contribution in [-0.4, -0.2) is 49.7 Å². The van der Waals surface area contributed by atoms with E-state index in [1.54, 1.807) is 7.11 Å². The fourth-order valence-corrected chi connectivity index (χ4v) is 6.66. The van der Waals surface area contributed by atoms with Gasteiger partial charge in [0.2, 0.25) is 0 Å². The molecule has 5 atom stereocenters. The average Bonchev–Trinajstić information content (AvgIpc) is 3.09. The molecule has 0 radical (unpaired) electrons. The van der Waals surface area contributed by atoms with Crippen molar-refractivity contribution in [1.29, 1.82) is 0 Å². The number of ether oxygens (including phenoxy) is 4. The molecule has 2 saturated carbocycles. The molecule has 1 N–H and O–H groups in total. The van der Waals surface area contributed by atoms with Gasteiger partial charge in [0.25, 0.3) is 0 Å². The molecule has 162 valence electrons. The molecule has 1 aliphatic heterocycles. The van der Waals surface area contributed by atoms with Gasteiger partial charge < -0.3 is 24.1 Å².